The Morgan fingerprint density at radius 2 is 2.17 bits per heavy atom. The summed E-state index contributed by atoms with van der Waals surface area (Å²) in [4.78, 5) is 7.95. The van der Waals surface area contributed by atoms with E-state index in [0.29, 0.717) is 13.0 Å². The molecule has 0 fully saturated rings. The second-order valence-electron chi connectivity index (χ2n) is 3.49. The van der Waals surface area contributed by atoms with Crippen molar-refractivity contribution < 1.29 is 8.42 Å². The van der Waals surface area contributed by atoms with Crippen molar-refractivity contribution in [1.82, 2.24) is 14.7 Å². The van der Waals surface area contributed by atoms with Crippen LogP contribution in [0.15, 0.2) is 34.8 Å². The summed E-state index contributed by atoms with van der Waals surface area (Å²) >= 11 is 1.50. The lowest BCUT2D eigenvalue weighted by Crippen LogP contribution is -2.26. The maximum absolute atomic E-state index is 11.9. The molecule has 0 saturated heterocycles. The van der Waals surface area contributed by atoms with Crippen LogP contribution >= 0.6 is 11.3 Å². The van der Waals surface area contributed by atoms with Gasteiger partial charge in [0, 0.05) is 36.8 Å². The van der Waals surface area contributed by atoms with Crippen molar-refractivity contribution >= 4 is 27.2 Å². The zero-order valence-corrected chi connectivity index (χ0v) is 11.0. The van der Waals surface area contributed by atoms with Crippen molar-refractivity contribution in [3.63, 3.8) is 0 Å². The van der Waals surface area contributed by atoms with Gasteiger partial charge in [0.05, 0.1) is 9.90 Å². The molecule has 2 heterocycles. The summed E-state index contributed by atoms with van der Waals surface area (Å²) in [5.41, 5.74) is 5.45. The van der Waals surface area contributed by atoms with Crippen LogP contribution in [0.3, 0.4) is 0 Å². The van der Waals surface area contributed by atoms with E-state index in [0.717, 1.165) is 5.01 Å². The van der Waals surface area contributed by atoms with Crippen LogP contribution in [-0.4, -0.2) is 24.9 Å². The number of hydrogen-bond donors (Lipinski definition) is 2. The van der Waals surface area contributed by atoms with Gasteiger partial charge in [-0.15, -0.1) is 11.3 Å². The van der Waals surface area contributed by atoms with E-state index in [9.17, 15) is 8.42 Å². The van der Waals surface area contributed by atoms with Gasteiger partial charge in [0.2, 0.25) is 10.0 Å². The Morgan fingerprint density at radius 3 is 2.83 bits per heavy atom. The van der Waals surface area contributed by atoms with Crippen molar-refractivity contribution in [3.8, 4) is 0 Å². The number of sulfonamides is 1. The first-order valence-electron chi connectivity index (χ1n) is 5.17. The quantitative estimate of drug-likeness (QED) is 0.839. The van der Waals surface area contributed by atoms with Gasteiger partial charge in [-0.25, -0.2) is 23.1 Å². The number of rotatable bonds is 5. The molecule has 0 radical (unpaired) electrons. The fourth-order valence-corrected chi connectivity index (χ4v) is 3.02. The lowest BCUT2D eigenvalue weighted by molar-refractivity contribution is 0.581. The van der Waals surface area contributed by atoms with E-state index in [-0.39, 0.29) is 10.7 Å². The SMILES string of the molecule is Nc1cc(S(=O)(=O)NCCc2nccs2)ccn1. The van der Waals surface area contributed by atoms with E-state index in [1.807, 2.05) is 5.38 Å². The van der Waals surface area contributed by atoms with Crippen molar-refractivity contribution in [2.75, 3.05) is 12.3 Å². The van der Waals surface area contributed by atoms with Crippen molar-refractivity contribution in [1.29, 1.82) is 0 Å². The zero-order valence-electron chi connectivity index (χ0n) is 9.41. The van der Waals surface area contributed by atoms with E-state index in [2.05, 4.69) is 14.7 Å². The van der Waals surface area contributed by atoms with Gasteiger partial charge in [-0.05, 0) is 6.07 Å². The molecule has 0 spiro atoms. The Hall–Kier alpha value is -1.51. The smallest absolute Gasteiger partial charge is 0.240 e. The third kappa shape index (κ3) is 3.25. The summed E-state index contributed by atoms with van der Waals surface area (Å²) in [6.45, 7) is 0.304. The molecule has 0 atom stereocenters. The van der Waals surface area contributed by atoms with Gasteiger partial charge in [-0.2, -0.15) is 0 Å². The van der Waals surface area contributed by atoms with Crippen LogP contribution in [-0.2, 0) is 16.4 Å². The predicted molar refractivity (Wildman–Crippen MR) is 69.7 cm³/mol. The number of nitrogens with one attached hydrogen (secondary N) is 1. The van der Waals surface area contributed by atoms with Crippen molar-refractivity contribution in [2.24, 2.45) is 0 Å². The molecule has 0 amide bonds. The molecule has 96 valence electrons. The standard InChI is InChI=1S/C10H12N4O2S2/c11-9-7-8(1-3-12-9)18(15,16)14-4-2-10-13-5-6-17-10/h1,3,5-7,14H,2,4H2,(H2,11,12). The predicted octanol–water partition coefficient (Wildman–Crippen LogP) is 0.641. The number of anilines is 1. The largest absolute Gasteiger partial charge is 0.384 e. The number of nitrogens with zero attached hydrogens (tertiary/aromatic N) is 2. The summed E-state index contributed by atoms with van der Waals surface area (Å²) in [6, 6.07) is 2.73. The fraction of sp³-hybridized carbons (Fsp3) is 0.200. The van der Waals surface area contributed by atoms with E-state index in [1.165, 1.54) is 29.7 Å². The molecule has 3 N–H and O–H groups in total. The molecule has 2 aromatic heterocycles. The van der Waals surface area contributed by atoms with Gasteiger partial charge >= 0.3 is 0 Å². The Balaban J connectivity index is 1.99. The summed E-state index contributed by atoms with van der Waals surface area (Å²) < 4.78 is 26.3. The molecule has 0 aromatic carbocycles. The monoisotopic (exact) mass is 284 g/mol. The topological polar surface area (TPSA) is 98.0 Å². The summed E-state index contributed by atoms with van der Waals surface area (Å²) in [6.07, 6.45) is 3.63. The molecule has 8 heteroatoms. The van der Waals surface area contributed by atoms with E-state index in [4.69, 9.17) is 5.73 Å². The maximum atomic E-state index is 11.9. The number of pyridine rings is 1. The van der Waals surface area contributed by atoms with Crippen LogP contribution < -0.4 is 10.5 Å². The lowest BCUT2D eigenvalue weighted by atomic mass is 10.5. The van der Waals surface area contributed by atoms with Gasteiger partial charge < -0.3 is 5.73 Å². The molecule has 0 unspecified atom stereocenters. The number of thiazole rings is 1. The maximum Gasteiger partial charge on any atom is 0.240 e. The second kappa shape index (κ2) is 5.42. The van der Waals surface area contributed by atoms with Gasteiger partial charge in [0.1, 0.15) is 5.82 Å². The van der Waals surface area contributed by atoms with E-state index >= 15 is 0 Å². The Morgan fingerprint density at radius 1 is 1.33 bits per heavy atom. The van der Waals surface area contributed by atoms with Crippen LogP contribution in [0.4, 0.5) is 5.82 Å². The molecular formula is C10H12N4O2S2. The van der Waals surface area contributed by atoms with Crippen LogP contribution in [0.2, 0.25) is 0 Å². The molecule has 6 nitrogen and oxygen atoms in total. The Bertz CT molecular complexity index is 611. The highest BCUT2D eigenvalue weighted by molar-refractivity contribution is 7.89. The van der Waals surface area contributed by atoms with Gasteiger partial charge in [-0.1, -0.05) is 0 Å². The van der Waals surface area contributed by atoms with E-state index in [1.54, 1.807) is 6.20 Å². The van der Waals surface area contributed by atoms with Crippen LogP contribution in [0.5, 0.6) is 0 Å². The van der Waals surface area contributed by atoms with Crippen LogP contribution in [0, 0.1) is 0 Å². The third-order valence-electron chi connectivity index (χ3n) is 2.18. The average Bonchev–Trinajstić information content (AvgIpc) is 2.82. The molecule has 0 aliphatic heterocycles. The number of nitrogens with two attached hydrogens (primary N) is 1. The molecule has 2 aromatic rings. The minimum Gasteiger partial charge on any atom is -0.384 e. The first-order valence-corrected chi connectivity index (χ1v) is 7.54. The highest BCUT2D eigenvalue weighted by Crippen LogP contribution is 2.10. The highest BCUT2D eigenvalue weighted by atomic mass is 32.2. The Kier molecular flexibility index (Phi) is 3.90. The second-order valence-corrected chi connectivity index (χ2v) is 6.24. The average molecular weight is 284 g/mol. The molecule has 0 aliphatic carbocycles. The molecule has 0 aliphatic rings. The molecule has 18 heavy (non-hydrogen) atoms. The van der Waals surface area contributed by atoms with Gasteiger partial charge in [0.25, 0.3) is 0 Å². The van der Waals surface area contributed by atoms with Gasteiger partial charge in [0.15, 0.2) is 0 Å². The minimum atomic E-state index is -3.53. The third-order valence-corrected chi connectivity index (χ3v) is 4.48. The molecular weight excluding hydrogens is 272 g/mol. The lowest BCUT2D eigenvalue weighted by Gasteiger charge is -2.05. The molecule has 0 bridgehead atoms. The first kappa shape index (κ1) is 12.9. The van der Waals surface area contributed by atoms with Crippen LogP contribution in [0.1, 0.15) is 5.01 Å². The summed E-state index contributed by atoms with van der Waals surface area (Å²) in [7, 11) is -3.53. The number of aromatic nitrogens is 2. The summed E-state index contributed by atoms with van der Waals surface area (Å²) in [5, 5.41) is 2.75. The Labute approximate surface area is 109 Å². The fourth-order valence-electron chi connectivity index (χ4n) is 1.35. The zero-order chi connectivity index (χ0) is 13.0. The first-order chi connectivity index (χ1) is 8.58. The van der Waals surface area contributed by atoms with E-state index < -0.39 is 10.0 Å². The minimum absolute atomic E-state index is 0.120. The molecule has 0 saturated carbocycles. The summed E-state index contributed by atoms with van der Waals surface area (Å²) in [5.74, 6) is 0.179. The number of nitrogen functional groups attached to an aromatic ring is 1. The highest BCUT2D eigenvalue weighted by Gasteiger charge is 2.13. The number of hydrogen-bond acceptors (Lipinski definition) is 6. The van der Waals surface area contributed by atoms with Gasteiger partial charge in [-0.3, -0.25) is 0 Å². The normalized spacial score (nSPS) is 11.6. The van der Waals surface area contributed by atoms with Crippen molar-refractivity contribution in [2.45, 2.75) is 11.3 Å². The van der Waals surface area contributed by atoms with Crippen LogP contribution in [0.25, 0.3) is 0 Å². The van der Waals surface area contributed by atoms with Crippen molar-refractivity contribution in [3.05, 3.63) is 34.9 Å². The molecule has 2 rings (SSSR count).